The first-order chi connectivity index (χ1) is 8.65. The minimum Gasteiger partial charge on any atom is -0.226 e. The highest BCUT2D eigenvalue weighted by Gasteiger charge is 2.11. The molecule has 7 heteroatoms. The molecule has 3 rings (SSSR count). The van der Waals surface area contributed by atoms with E-state index in [0.29, 0.717) is 16.1 Å². The largest absolute Gasteiger partial charge is 0.226 e. The minimum absolute atomic E-state index is 0.0821. The van der Waals surface area contributed by atoms with Crippen molar-refractivity contribution in [3.05, 3.63) is 46.7 Å². The van der Waals surface area contributed by atoms with E-state index in [2.05, 4.69) is 15.1 Å². The Kier molecular flexibility index (Phi) is 2.65. The first kappa shape index (κ1) is 11.4. The Morgan fingerprint density at radius 3 is 2.78 bits per heavy atom. The molecule has 3 aromatic rings. The molecule has 0 atom stereocenters. The normalized spacial score (nSPS) is 11.1. The fourth-order valence-corrected chi connectivity index (χ4v) is 1.91. The lowest BCUT2D eigenvalue weighted by Gasteiger charge is -2.04. The topological polar surface area (TPSA) is 43.6 Å². The summed E-state index contributed by atoms with van der Waals surface area (Å²) >= 11 is 11.4. The van der Waals surface area contributed by atoms with E-state index in [1.54, 1.807) is 12.3 Å². The molecule has 18 heavy (non-hydrogen) atoms. The number of fused-ring (bicyclic) bond motifs is 1. The average Bonchev–Trinajstić information content (AvgIpc) is 2.72. The number of nitrogens with zero attached hydrogens (tertiary/aromatic N) is 4. The van der Waals surface area contributed by atoms with E-state index in [9.17, 15) is 4.39 Å². The zero-order valence-electron chi connectivity index (χ0n) is 8.81. The van der Waals surface area contributed by atoms with Crippen LogP contribution in [-0.4, -0.2) is 19.7 Å². The van der Waals surface area contributed by atoms with Gasteiger partial charge in [-0.25, -0.2) is 14.1 Å². The van der Waals surface area contributed by atoms with Crippen LogP contribution in [0.4, 0.5) is 4.39 Å². The van der Waals surface area contributed by atoms with Gasteiger partial charge in [-0.05, 0) is 29.8 Å². The van der Waals surface area contributed by atoms with Gasteiger partial charge in [-0.3, -0.25) is 0 Å². The van der Waals surface area contributed by atoms with Crippen LogP contribution in [0.3, 0.4) is 0 Å². The van der Waals surface area contributed by atoms with Crippen molar-refractivity contribution in [1.29, 1.82) is 0 Å². The van der Waals surface area contributed by atoms with Crippen LogP contribution < -0.4 is 0 Å². The fraction of sp³-hybridized carbons (Fsp3) is 0. The van der Waals surface area contributed by atoms with Crippen molar-refractivity contribution in [3.8, 4) is 5.69 Å². The minimum atomic E-state index is -0.484. The van der Waals surface area contributed by atoms with Gasteiger partial charge >= 0.3 is 0 Å². The molecule has 0 N–H and O–H groups in total. The van der Waals surface area contributed by atoms with Crippen LogP contribution in [0.5, 0.6) is 0 Å². The number of aromatic nitrogens is 4. The first-order valence-corrected chi connectivity index (χ1v) is 5.72. The van der Waals surface area contributed by atoms with Gasteiger partial charge in [-0.2, -0.15) is 10.1 Å². The Labute approximate surface area is 111 Å². The molecule has 0 amide bonds. The van der Waals surface area contributed by atoms with Crippen molar-refractivity contribution in [3.63, 3.8) is 0 Å². The molecule has 0 spiro atoms. The number of hydrogen-bond acceptors (Lipinski definition) is 3. The van der Waals surface area contributed by atoms with E-state index in [1.807, 2.05) is 0 Å². The van der Waals surface area contributed by atoms with Crippen molar-refractivity contribution in [2.24, 2.45) is 0 Å². The van der Waals surface area contributed by atoms with Crippen molar-refractivity contribution < 1.29 is 4.39 Å². The average molecular weight is 283 g/mol. The van der Waals surface area contributed by atoms with Gasteiger partial charge in [-0.1, -0.05) is 11.6 Å². The Morgan fingerprint density at radius 1 is 1.17 bits per heavy atom. The van der Waals surface area contributed by atoms with Crippen molar-refractivity contribution in [2.45, 2.75) is 0 Å². The van der Waals surface area contributed by atoms with Crippen LogP contribution >= 0.6 is 23.2 Å². The van der Waals surface area contributed by atoms with Crippen LogP contribution in [0, 0.1) is 5.82 Å². The quantitative estimate of drug-likeness (QED) is 0.644. The highest BCUT2D eigenvalue weighted by atomic mass is 35.5. The van der Waals surface area contributed by atoms with E-state index in [-0.39, 0.29) is 11.0 Å². The molecule has 0 unspecified atom stereocenters. The summed E-state index contributed by atoms with van der Waals surface area (Å²) in [6.07, 6.45) is 3.07. The van der Waals surface area contributed by atoms with Crippen LogP contribution in [0.15, 0.2) is 30.6 Å². The molecule has 0 aliphatic rings. The predicted molar refractivity (Wildman–Crippen MR) is 66.6 cm³/mol. The van der Waals surface area contributed by atoms with E-state index in [4.69, 9.17) is 23.2 Å². The van der Waals surface area contributed by atoms with E-state index in [0.717, 1.165) is 0 Å². The number of benzene rings is 1. The summed E-state index contributed by atoms with van der Waals surface area (Å²) < 4.78 is 15.2. The number of hydrogen-bond donors (Lipinski definition) is 0. The molecule has 0 saturated heterocycles. The van der Waals surface area contributed by atoms with Crippen LogP contribution in [0.25, 0.3) is 16.7 Å². The monoisotopic (exact) mass is 282 g/mol. The summed E-state index contributed by atoms with van der Waals surface area (Å²) in [4.78, 5) is 7.87. The second-order valence-corrected chi connectivity index (χ2v) is 4.34. The van der Waals surface area contributed by atoms with Gasteiger partial charge in [0.2, 0.25) is 5.28 Å². The molecule has 4 nitrogen and oxygen atoms in total. The van der Waals surface area contributed by atoms with Crippen molar-refractivity contribution in [2.75, 3.05) is 0 Å². The summed E-state index contributed by atoms with van der Waals surface area (Å²) in [5.74, 6) is -0.484. The third-order valence-electron chi connectivity index (χ3n) is 2.42. The molecular formula is C11H5Cl2FN4. The van der Waals surface area contributed by atoms with Gasteiger partial charge in [0.05, 0.1) is 11.6 Å². The molecule has 0 aliphatic heterocycles. The number of halogens is 3. The highest BCUT2D eigenvalue weighted by molar-refractivity contribution is 6.30. The first-order valence-electron chi connectivity index (χ1n) is 4.97. The summed E-state index contributed by atoms with van der Waals surface area (Å²) in [7, 11) is 0. The van der Waals surface area contributed by atoms with Crippen LogP contribution in [0.2, 0.25) is 10.3 Å². The third-order valence-corrected chi connectivity index (χ3v) is 2.83. The lowest BCUT2D eigenvalue weighted by Crippen LogP contribution is -2.01. The third kappa shape index (κ3) is 1.81. The predicted octanol–water partition coefficient (Wildman–Crippen LogP) is 3.26. The summed E-state index contributed by atoms with van der Waals surface area (Å²) in [6.45, 7) is 0. The molecule has 0 aliphatic carbocycles. The zero-order chi connectivity index (χ0) is 12.7. The fourth-order valence-electron chi connectivity index (χ4n) is 1.63. The van der Waals surface area contributed by atoms with E-state index < -0.39 is 5.82 Å². The van der Waals surface area contributed by atoms with Crippen molar-refractivity contribution in [1.82, 2.24) is 19.7 Å². The maximum absolute atomic E-state index is 13.8. The standard InChI is InChI=1S/C11H5Cl2FN4/c12-7-1-2-9(8(14)3-7)18-10-6(5-16-18)4-15-11(13)17-10/h1-5H. The second kappa shape index (κ2) is 4.19. The summed E-state index contributed by atoms with van der Waals surface area (Å²) in [5.41, 5.74) is 0.695. The van der Waals surface area contributed by atoms with Gasteiger partial charge < -0.3 is 0 Å². The number of rotatable bonds is 1. The SMILES string of the molecule is Fc1cc(Cl)ccc1-n1ncc2cnc(Cl)nc21. The van der Waals surface area contributed by atoms with Crippen LogP contribution in [0.1, 0.15) is 0 Å². The van der Waals surface area contributed by atoms with Gasteiger partial charge in [0, 0.05) is 11.2 Å². The van der Waals surface area contributed by atoms with Gasteiger partial charge in [0.15, 0.2) is 5.65 Å². The Morgan fingerprint density at radius 2 is 2.00 bits per heavy atom. The maximum Gasteiger partial charge on any atom is 0.224 e. The smallest absolute Gasteiger partial charge is 0.224 e. The Hall–Kier alpha value is -1.72. The molecule has 2 aromatic heterocycles. The summed E-state index contributed by atoms with van der Waals surface area (Å²) in [5, 5.41) is 5.15. The summed E-state index contributed by atoms with van der Waals surface area (Å²) in [6, 6.07) is 4.32. The van der Waals surface area contributed by atoms with Gasteiger partial charge in [-0.15, -0.1) is 0 Å². The molecule has 0 saturated carbocycles. The van der Waals surface area contributed by atoms with Crippen LogP contribution in [-0.2, 0) is 0 Å². The lowest BCUT2D eigenvalue weighted by atomic mass is 10.3. The molecule has 1 aromatic carbocycles. The molecule has 0 fully saturated rings. The molecule has 0 bridgehead atoms. The maximum atomic E-state index is 13.8. The molecule has 0 radical (unpaired) electrons. The van der Waals surface area contributed by atoms with Crippen molar-refractivity contribution >= 4 is 34.2 Å². The zero-order valence-corrected chi connectivity index (χ0v) is 10.3. The Bertz CT molecular complexity index is 741. The molecule has 2 heterocycles. The molecular weight excluding hydrogens is 278 g/mol. The van der Waals surface area contributed by atoms with E-state index in [1.165, 1.54) is 23.0 Å². The van der Waals surface area contributed by atoms with Gasteiger partial charge in [0.1, 0.15) is 11.5 Å². The Balaban J connectivity index is 2.28. The highest BCUT2D eigenvalue weighted by Crippen LogP contribution is 2.21. The molecule has 90 valence electrons. The van der Waals surface area contributed by atoms with Gasteiger partial charge in [0.25, 0.3) is 0 Å². The van der Waals surface area contributed by atoms with E-state index >= 15 is 0 Å². The second-order valence-electron chi connectivity index (χ2n) is 3.57. The lowest BCUT2D eigenvalue weighted by molar-refractivity contribution is 0.612.